The van der Waals surface area contributed by atoms with Crippen LogP contribution in [0.3, 0.4) is 0 Å². The van der Waals surface area contributed by atoms with Gasteiger partial charge in [-0.3, -0.25) is 0 Å². The normalized spacial score (nSPS) is 25.0. The highest BCUT2D eigenvalue weighted by atomic mass is 28.1. The van der Waals surface area contributed by atoms with Crippen molar-refractivity contribution >= 4 is 15.6 Å². The van der Waals surface area contributed by atoms with Crippen LogP contribution in [-0.2, 0) is 4.79 Å². The maximum absolute atomic E-state index is 10.7. The van der Waals surface area contributed by atoms with Crippen LogP contribution in [0.15, 0.2) is 12.2 Å². The van der Waals surface area contributed by atoms with Gasteiger partial charge in [0.25, 0.3) is 0 Å². The van der Waals surface area contributed by atoms with Crippen LogP contribution >= 0.6 is 0 Å². The zero-order valence-electron chi connectivity index (χ0n) is 6.47. The third-order valence-corrected chi connectivity index (χ3v) is 2.36. The zero-order valence-corrected chi connectivity index (χ0v) is 8.47. The highest BCUT2D eigenvalue weighted by Crippen LogP contribution is 2.20. The van der Waals surface area contributed by atoms with Gasteiger partial charge in [-0.05, 0) is 25.2 Å². The van der Waals surface area contributed by atoms with Crippen LogP contribution in [0.5, 0.6) is 0 Å². The summed E-state index contributed by atoms with van der Waals surface area (Å²) >= 11 is 0. The van der Waals surface area contributed by atoms with E-state index >= 15 is 0 Å². The highest BCUT2D eigenvalue weighted by Gasteiger charge is 2.10. The number of hydrogen-bond acceptors (Lipinski definition) is 1. The Morgan fingerprint density at radius 3 is 2.90 bits per heavy atom. The average Bonchev–Trinajstić information content (AvgIpc) is 1.88. The van der Waals surface area contributed by atoms with E-state index in [-0.39, 0.29) is 0 Å². The molecule has 0 fully saturated rings. The maximum atomic E-state index is 10.7. The lowest BCUT2D eigenvalue weighted by Gasteiger charge is -2.15. The Hall–Kier alpha value is -0.373. The second kappa shape index (κ2) is 3.71. The van der Waals surface area contributed by atoms with Gasteiger partial charge < -0.3 is 4.79 Å². The van der Waals surface area contributed by atoms with Crippen molar-refractivity contribution in [3.05, 3.63) is 12.2 Å². The summed E-state index contributed by atoms with van der Waals surface area (Å²) in [6.45, 7) is 0. The SMILES string of the molecule is O=C([SiH3])C[C@@H]1CC=CCC1. The van der Waals surface area contributed by atoms with Gasteiger partial charge in [0.1, 0.15) is 5.41 Å². The van der Waals surface area contributed by atoms with Crippen molar-refractivity contribution in [1.82, 2.24) is 0 Å². The lowest BCUT2D eigenvalue weighted by Crippen LogP contribution is -2.09. The molecule has 0 N–H and O–H groups in total. The number of rotatable bonds is 2. The third kappa shape index (κ3) is 2.48. The van der Waals surface area contributed by atoms with Gasteiger partial charge in [0, 0.05) is 6.42 Å². The smallest absolute Gasteiger partial charge is 0.101 e. The van der Waals surface area contributed by atoms with Crippen LogP contribution in [-0.4, -0.2) is 15.6 Å². The van der Waals surface area contributed by atoms with Crippen molar-refractivity contribution in [2.75, 3.05) is 0 Å². The van der Waals surface area contributed by atoms with Crippen molar-refractivity contribution in [1.29, 1.82) is 0 Å². The summed E-state index contributed by atoms with van der Waals surface area (Å²) in [4.78, 5) is 10.7. The first-order valence-corrected chi connectivity index (χ1v) is 4.93. The summed E-state index contributed by atoms with van der Waals surface area (Å²) in [7, 11) is 0.740. The molecule has 0 saturated heterocycles. The first-order valence-electron chi connectivity index (χ1n) is 3.93. The van der Waals surface area contributed by atoms with Gasteiger partial charge in [-0.15, -0.1) is 0 Å². The lowest BCUT2D eigenvalue weighted by atomic mass is 9.92. The van der Waals surface area contributed by atoms with Crippen molar-refractivity contribution in [3.8, 4) is 0 Å². The molecular formula is C8H14OSi. The summed E-state index contributed by atoms with van der Waals surface area (Å²) in [5.74, 6) is 0.676. The first-order chi connectivity index (χ1) is 4.79. The van der Waals surface area contributed by atoms with Crippen molar-refractivity contribution in [2.45, 2.75) is 25.7 Å². The number of carbonyl (C=O) groups is 1. The van der Waals surface area contributed by atoms with Crippen LogP contribution in [0.25, 0.3) is 0 Å². The molecule has 0 spiro atoms. The molecule has 0 bridgehead atoms. The Labute approximate surface area is 64.9 Å². The molecule has 0 aromatic carbocycles. The van der Waals surface area contributed by atoms with Crippen molar-refractivity contribution in [3.63, 3.8) is 0 Å². The third-order valence-electron chi connectivity index (χ3n) is 1.95. The van der Waals surface area contributed by atoms with Gasteiger partial charge in [-0.25, -0.2) is 0 Å². The number of allylic oxidation sites excluding steroid dienone is 2. The summed E-state index contributed by atoms with van der Waals surface area (Å²) in [6.07, 6.45) is 8.81. The number of hydrogen-bond donors (Lipinski definition) is 0. The van der Waals surface area contributed by atoms with E-state index < -0.39 is 0 Å². The molecule has 0 radical (unpaired) electrons. The second-order valence-corrected chi connectivity index (χ2v) is 4.17. The van der Waals surface area contributed by atoms with E-state index in [9.17, 15) is 4.79 Å². The predicted octanol–water partition coefficient (Wildman–Crippen LogP) is 0.625. The van der Waals surface area contributed by atoms with Gasteiger partial charge in [0.05, 0.1) is 10.2 Å². The molecule has 1 nitrogen and oxygen atoms in total. The minimum Gasteiger partial charge on any atom is -0.307 e. The van der Waals surface area contributed by atoms with Crippen LogP contribution in [0.1, 0.15) is 25.7 Å². The second-order valence-electron chi connectivity index (χ2n) is 3.06. The van der Waals surface area contributed by atoms with E-state index in [1.165, 1.54) is 12.8 Å². The van der Waals surface area contributed by atoms with E-state index in [1.54, 1.807) is 0 Å². The average molecular weight is 154 g/mol. The van der Waals surface area contributed by atoms with Crippen molar-refractivity contribution < 1.29 is 4.79 Å². The number of carbonyl (C=O) groups excluding carboxylic acids is 1. The molecule has 0 heterocycles. The summed E-state index contributed by atoms with van der Waals surface area (Å²) in [5.41, 5.74) is 0. The standard InChI is InChI=1S/C8H14OSi/c9-8(10)6-7-4-2-1-3-5-7/h1-2,7H,3-6H2,10H3/t7-/m1/s1. The monoisotopic (exact) mass is 154 g/mol. The minimum atomic E-state index is 0.473. The van der Waals surface area contributed by atoms with Gasteiger partial charge in [-0.1, -0.05) is 12.2 Å². The van der Waals surface area contributed by atoms with E-state index in [0.29, 0.717) is 11.3 Å². The fourth-order valence-corrected chi connectivity index (χ4v) is 2.03. The molecular weight excluding hydrogens is 140 g/mol. The summed E-state index contributed by atoms with van der Waals surface area (Å²) < 4.78 is 0. The van der Waals surface area contributed by atoms with Crippen molar-refractivity contribution in [2.24, 2.45) is 5.92 Å². The van der Waals surface area contributed by atoms with Gasteiger partial charge >= 0.3 is 0 Å². The Morgan fingerprint density at radius 1 is 1.60 bits per heavy atom. The van der Waals surface area contributed by atoms with Crippen LogP contribution in [0, 0.1) is 5.92 Å². The first kappa shape index (κ1) is 7.73. The Bertz CT molecular complexity index is 151. The molecule has 0 aromatic heterocycles. The zero-order chi connectivity index (χ0) is 7.40. The van der Waals surface area contributed by atoms with Gasteiger partial charge in [-0.2, -0.15) is 0 Å². The summed E-state index contributed by atoms with van der Waals surface area (Å²) in [6, 6.07) is 0. The molecule has 0 aliphatic heterocycles. The van der Waals surface area contributed by atoms with Crippen LogP contribution in [0.4, 0.5) is 0 Å². The molecule has 10 heavy (non-hydrogen) atoms. The van der Waals surface area contributed by atoms with Gasteiger partial charge in [0.2, 0.25) is 0 Å². The molecule has 56 valence electrons. The molecule has 0 saturated carbocycles. The Morgan fingerprint density at radius 2 is 2.40 bits per heavy atom. The Kier molecular flexibility index (Phi) is 2.87. The maximum Gasteiger partial charge on any atom is 0.101 e. The van der Waals surface area contributed by atoms with E-state index in [4.69, 9.17) is 0 Å². The van der Waals surface area contributed by atoms with Crippen LogP contribution in [0.2, 0.25) is 0 Å². The quantitative estimate of drug-likeness (QED) is 0.421. The predicted molar refractivity (Wildman–Crippen MR) is 46.0 cm³/mol. The largest absolute Gasteiger partial charge is 0.307 e. The van der Waals surface area contributed by atoms with E-state index in [2.05, 4.69) is 12.2 Å². The van der Waals surface area contributed by atoms with E-state index in [1.807, 2.05) is 0 Å². The summed E-state index contributed by atoms with van der Waals surface area (Å²) in [5, 5.41) is 0.473. The molecule has 0 aromatic rings. The fourth-order valence-electron chi connectivity index (χ4n) is 1.45. The lowest BCUT2D eigenvalue weighted by molar-refractivity contribution is -0.112. The molecule has 1 aliphatic carbocycles. The molecule has 2 heteroatoms. The Balaban J connectivity index is 2.28. The molecule has 1 aliphatic rings. The molecule has 0 unspecified atom stereocenters. The highest BCUT2D eigenvalue weighted by molar-refractivity contribution is 6.57. The molecule has 1 rings (SSSR count). The van der Waals surface area contributed by atoms with E-state index in [0.717, 1.165) is 23.1 Å². The molecule has 0 amide bonds. The van der Waals surface area contributed by atoms with Gasteiger partial charge in [0.15, 0.2) is 0 Å². The fraction of sp³-hybridized carbons (Fsp3) is 0.625. The topological polar surface area (TPSA) is 17.1 Å². The molecule has 1 atom stereocenters. The van der Waals surface area contributed by atoms with Crippen LogP contribution < -0.4 is 0 Å². The minimum absolute atomic E-state index is 0.473.